The predicted octanol–water partition coefficient (Wildman–Crippen LogP) is 4.42. The summed E-state index contributed by atoms with van der Waals surface area (Å²) < 4.78 is 14.7. The molecule has 10 heteroatoms. The topological polar surface area (TPSA) is 84.0 Å². The highest BCUT2D eigenvalue weighted by Crippen LogP contribution is 2.26. The van der Waals surface area contributed by atoms with E-state index in [9.17, 15) is 14.0 Å². The van der Waals surface area contributed by atoms with Gasteiger partial charge in [0.1, 0.15) is 5.82 Å². The molecule has 0 aliphatic carbocycles. The van der Waals surface area contributed by atoms with E-state index in [1.54, 1.807) is 30.3 Å². The fourth-order valence-electron chi connectivity index (χ4n) is 2.00. The van der Waals surface area contributed by atoms with Crippen LogP contribution in [0.4, 0.5) is 15.2 Å². The molecule has 1 aromatic heterocycles. The van der Waals surface area contributed by atoms with E-state index in [0.717, 1.165) is 23.1 Å². The molecule has 0 saturated heterocycles. The van der Waals surface area contributed by atoms with Gasteiger partial charge in [0.05, 0.1) is 17.0 Å². The van der Waals surface area contributed by atoms with E-state index >= 15 is 0 Å². The van der Waals surface area contributed by atoms with Crippen LogP contribution in [0, 0.1) is 5.82 Å². The number of nitrogens with one attached hydrogen (secondary N) is 2. The second-order valence-electron chi connectivity index (χ2n) is 5.12. The quantitative estimate of drug-likeness (QED) is 0.414. The molecule has 0 spiro atoms. The van der Waals surface area contributed by atoms with Crippen LogP contribution in [-0.2, 0) is 4.79 Å². The summed E-state index contributed by atoms with van der Waals surface area (Å²) in [5.41, 5.74) is 0.605. The molecule has 0 atom stereocenters. The average Bonchev–Trinajstić information content (AvgIpc) is 3.09. The maximum absolute atomic E-state index is 13.5. The Morgan fingerprint density at radius 3 is 2.59 bits per heavy atom. The number of halogens is 2. The first-order valence-corrected chi connectivity index (χ1v) is 10.2. The number of thioether (sulfide) groups is 1. The van der Waals surface area contributed by atoms with Gasteiger partial charge in [-0.2, -0.15) is 0 Å². The first-order valence-electron chi connectivity index (χ1n) is 7.59. The third kappa shape index (κ3) is 5.34. The van der Waals surface area contributed by atoms with Gasteiger partial charge in [0, 0.05) is 4.47 Å². The minimum atomic E-state index is -0.496. The largest absolute Gasteiger partial charge is 0.323 e. The SMILES string of the molecule is O=C(CSc1nnc(NC(=O)c2ccccc2Br)s1)Nc1ccccc1F. The van der Waals surface area contributed by atoms with E-state index in [1.165, 1.54) is 12.1 Å². The highest BCUT2D eigenvalue weighted by molar-refractivity contribution is 9.10. The molecule has 0 unspecified atom stereocenters. The van der Waals surface area contributed by atoms with Crippen LogP contribution < -0.4 is 10.6 Å². The van der Waals surface area contributed by atoms with Gasteiger partial charge in [0.2, 0.25) is 11.0 Å². The van der Waals surface area contributed by atoms with Gasteiger partial charge in [-0.1, -0.05) is 47.4 Å². The fraction of sp³-hybridized carbons (Fsp3) is 0.0588. The number of carbonyl (C=O) groups excluding carboxylic acids is 2. The lowest BCUT2D eigenvalue weighted by molar-refractivity contribution is -0.113. The highest BCUT2D eigenvalue weighted by Gasteiger charge is 2.14. The van der Waals surface area contributed by atoms with E-state index in [4.69, 9.17) is 0 Å². The first-order chi connectivity index (χ1) is 13.0. The molecule has 0 radical (unpaired) electrons. The van der Waals surface area contributed by atoms with Crippen molar-refractivity contribution < 1.29 is 14.0 Å². The Morgan fingerprint density at radius 1 is 1.07 bits per heavy atom. The molecule has 1 heterocycles. The van der Waals surface area contributed by atoms with Crippen LogP contribution >= 0.6 is 39.0 Å². The van der Waals surface area contributed by atoms with Crippen LogP contribution in [0.5, 0.6) is 0 Å². The number of hydrogen-bond acceptors (Lipinski definition) is 6. The number of rotatable bonds is 6. The molecule has 2 amide bonds. The van der Waals surface area contributed by atoms with Crippen molar-refractivity contribution in [1.29, 1.82) is 0 Å². The zero-order valence-corrected chi connectivity index (χ0v) is 16.8. The number of anilines is 2. The zero-order chi connectivity index (χ0) is 19.2. The van der Waals surface area contributed by atoms with Crippen LogP contribution in [0.1, 0.15) is 10.4 Å². The molecule has 0 aliphatic heterocycles. The number of hydrogen-bond donors (Lipinski definition) is 2. The molecule has 138 valence electrons. The van der Waals surface area contributed by atoms with Crippen LogP contribution in [0.2, 0.25) is 0 Å². The summed E-state index contributed by atoms with van der Waals surface area (Å²) in [6.45, 7) is 0. The van der Waals surface area contributed by atoms with Gasteiger partial charge in [0.15, 0.2) is 4.34 Å². The summed E-state index contributed by atoms with van der Waals surface area (Å²) in [4.78, 5) is 24.2. The number of carbonyl (C=O) groups is 2. The molecular formula is C17H12BrFN4O2S2. The highest BCUT2D eigenvalue weighted by atomic mass is 79.9. The lowest BCUT2D eigenvalue weighted by atomic mass is 10.2. The molecule has 0 aliphatic rings. The van der Waals surface area contributed by atoms with Gasteiger partial charge in [-0.3, -0.25) is 14.9 Å². The monoisotopic (exact) mass is 466 g/mol. The van der Waals surface area contributed by atoms with Gasteiger partial charge in [-0.15, -0.1) is 10.2 Å². The summed E-state index contributed by atoms with van der Waals surface area (Å²) in [6.07, 6.45) is 0. The molecule has 3 rings (SSSR count). The maximum atomic E-state index is 13.5. The van der Waals surface area contributed by atoms with E-state index in [-0.39, 0.29) is 23.3 Å². The van der Waals surface area contributed by atoms with Gasteiger partial charge in [-0.05, 0) is 40.2 Å². The average molecular weight is 467 g/mol. The van der Waals surface area contributed by atoms with Crippen molar-refractivity contribution >= 4 is 61.7 Å². The lowest BCUT2D eigenvalue weighted by Gasteiger charge is -2.04. The van der Waals surface area contributed by atoms with E-state index < -0.39 is 5.82 Å². The first kappa shape index (κ1) is 19.5. The number of aromatic nitrogens is 2. The van der Waals surface area contributed by atoms with Crippen molar-refractivity contribution in [2.75, 3.05) is 16.4 Å². The predicted molar refractivity (Wildman–Crippen MR) is 108 cm³/mol. The smallest absolute Gasteiger partial charge is 0.258 e. The van der Waals surface area contributed by atoms with Crippen molar-refractivity contribution in [1.82, 2.24) is 10.2 Å². The minimum absolute atomic E-state index is 0.0428. The van der Waals surface area contributed by atoms with Crippen LogP contribution in [-0.4, -0.2) is 27.8 Å². The van der Waals surface area contributed by atoms with Gasteiger partial charge < -0.3 is 5.32 Å². The van der Waals surface area contributed by atoms with E-state index in [2.05, 4.69) is 36.8 Å². The number of para-hydroxylation sites is 1. The van der Waals surface area contributed by atoms with Gasteiger partial charge >= 0.3 is 0 Å². The Kier molecular flexibility index (Phi) is 6.54. The zero-order valence-electron chi connectivity index (χ0n) is 13.6. The summed E-state index contributed by atoms with van der Waals surface area (Å²) >= 11 is 5.62. The molecule has 0 fully saturated rings. The summed E-state index contributed by atoms with van der Waals surface area (Å²) in [6, 6.07) is 13.0. The molecule has 0 saturated carbocycles. The van der Waals surface area contributed by atoms with Crippen molar-refractivity contribution in [3.8, 4) is 0 Å². The summed E-state index contributed by atoms with van der Waals surface area (Å²) in [7, 11) is 0. The third-order valence-electron chi connectivity index (χ3n) is 3.22. The van der Waals surface area contributed by atoms with Crippen LogP contribution in [0.3, 0.4) is 0 Å². The van der Waals surface area contributed by atoms with Crippen molar-refractivity contribution in [2.45, 2.75) is 4.34 Å². The normalized spacial score (nSPS) is 10.4. The second kappa shape index (κ2) is 9.07. The molecule has 27 heavy (non-hydrogen) atoms. The fourth-order valence-corrected chi connectivity index (χ4v) is 4.02. The van der Waals surface area contributed by atoms with Crippen LogP contribution in [0.25, 0.3) is 0 Å². The summed E-state index contributed by atoms with van der Waals surface area (Å²) in [5.74, 6) is -1.13. The second-order valence-corrected chi connectivity index (χ2v) is 8.18. The Bertz CT molecular complexity index is 983. The standard InChI is InChI=1S/C17H12BrFN4O2S2/c18-11-6-2-1-5-10(11)15(25)21-16-22-23-17(27-16)26-9-14(24)20-13-8-4-3-7-12(13)19/h1-8H,9H2,(H,20,24)(H,21,22,25). The van der Waals surface area contributed by atoms with Gasteiger partial charge in [-0.25, -0.2) is 4.39 Å². The van der Waals surface area contributed by atoms with Gasteiger partial charge in [0.25, 0.3) is 5.91 Å². The number of benzene rings is 2. The van der Waals surface area contributed by atoms with Crippen molar-refractivity contribution in [3.05, 3.63) is 64.4 Å². The Balaban J connectivity index is 1.54. The minimum Gasteiger partial charge on any atom is -0.323 e. The number of nitrogens with zero attached hydrogens (tertiary/aromatic N) is 2. The third-order valence-corrected chi connectivity index (χ3v) is 5.88. The Labute approximate surface area is 170 Å². The molecular weight excluding hydrogens is 455 g/mol. The molecule has 6 nitrogen and oxygen atoms in total. The molecule has 2 aromatic carbocycles. The van der Waals surface area contributed by atoms with E-state index in [0.29, 0.717) is 19.5 Å². The number of amides is 2. The Morgan fingerprint density at radius 2 is 1.81 bits per heavy atom. The summed E-state index contributed by atoms with van der Waals surface area (Å²) in [5, 5.41) is 13.3. The Hall–Kier alpha value is -2.30. The van der Waals surface area contributed by atoms with Crippen molar-refractivity contribution in [3.63, 3.8) is 0 Å². The maximum Gasteiger partial charge on any atom is 0.258 e. The van der Waals surface area contributed by atoms with Crippen molar-refractivity contribution in [2.24, 2.45) is 0 Å². The van der Waals surface area contributed by atoms with Crippen LogP contribution in [0.15, 0.2) is 57.3 Å². The van der Waals surface area contributed by atoms with E-state index in [1.807, 2.05) is 6.07 Å². The lowest BCUT2D eigenvalue weighted by Crippen LogP contribution is -2.14. The molecule has 2 N–H and O–H groups in total. The molecule has 3 aromatic rings. The molecule has 0 bridgehead atoms.